The third-order valence-corrected chi connectivity index (χ3v) is 3.43. The molecule has 0 amide bonds. The van der Waals surface area contributed by atoms with Crippen LogP contribution in [0.1, 0.15) is 31.7 Å². The van der Waals surface area contributed by atoms with Crippen molar-refractivity contribution in [2.24, 2.45) is 0 Å². The van der Waals surface area contributed by atoms with Crippen molar-refractivity contribution in [3.8, 4) is 11.8 Å². The zero-order chi connectivity index (χ0) is 15.1. The number of rotatable bonds is 4. The molecule has 1 aliphatic heterocycles. The molecule has 0 aliphatic carbocycles. The van der Waals surface area contributed by atoms with Crippen LogP contribution in [0.2, 0.25) is 0 Å². The molecule has 0 fully saturated rings. The minimum absolute atomic E-state index is 0.218. The number of ether oxygens (including phenoxy) is 1. The van der Waals surface area contributed by atoms with E-state index in [1.807, 2.05) is 18.2 Å². The van der Waals surface area contributed by atoms with Gasteiger partial charge in [0.1, 0.15) is 0 Å². The van der Waals surface area contributed by atoms with Crippen LogP contribution in [0, 0.1) is 11.8 Å². The highest BCUT2D eigenvalue weighted by Gasteiger charge is 2.35. The van der Waals surface area contributed by atoms with Gasteiger partial charge in [0.2, 0.25) is 0 Å². The molecule has 0 aromatic heterocycles. The highest BCUT2D eigenvalue weighted by Crippen LogP contribution is 2.19. The lowest BCUT2D eigenvalue weighted by molar-refractivity contribution is -0.159. The van der Waals surface area contributed by atoms with Crippen molar-refractivity contribution in [3.63, 3.8) is 0 Å². The SMILES string of the molecule is C[C@]1(C#CCCCCc2ccccc2)O[C@H](O)C=CC1=O. The topological polar surface area (TPSA) is 46.5 Å². The summed E-state index contributed by atoms with van der Waals surface area (Å²) in [7, 11) is 0. The van der Waals surface area contributed by atoms with Gasteiger partial charge in [0.15, 0.2) is 17.7 Å². The molecule has 110 valence electrons. The highest BCUT2D eigenvalue weighted by molar-refractivity contribution is 6.00. The molecule has 1 aromatic rings. The second-order valence-electron chi connectivity index (χ2n) is 5.26. The Bertz CT molecular complexity index is 565. The van der Waals surface area contributed by atoms with Gasteiger partial charge >= 0.3 is 0 Å². The Morgan fingerprint density at radius 1 is 1.29 bits per heavy atom. The van der Waals surface area contributed by atoms with Gasteiger partial charge in [-0.25, -0.2) is 0 Å². The lowest BCUT2D eigenvalue weighted by Crippen LogP contribution is -2.42. The van der Waals surface area contributed by atoms with Crippen molar-refractivity contribution in [1.29, 1.82) is 0 Å². The Kier molecular flexibility index (Phi) is 5.32. The molecule has 3 heteroatoms. The van der Waals surface area contributed by atoms with Gasteiger partial charge in [0.05, 0.1) is 0 Å². The molecular formula is C18H20O3. The first-order valence-corrected chi connectivity index (χ1v) is 7.23. The second kappa shape index (κ2) is 7.21. The van der Waals surface area contributed by atoms with E-state index < -0.39 is 11.9 Å². The van der Waals surface area contributed by atoms with Crippen LogP contribution in [0.5, 0.6) is 0 Å². The summed E-state index contributed by atoms with van der Waals surface area (Å²) in [6, 6.07) is 10.3. The van der Waals surface area contributed by atoms with Gasteiger partial charge in [-0.1, -0.05) is 42.2 Å². The molecule has 1 heterocycles. The first-order chi connectivity index (χ1) is 10.1. The van der Waals surface area contributed by atoms with E-state index in [1.54, 1.807) is 6.92 Å². The molecular weight excluding hydrogens is 264 g/mol. The predicted molar refractivity (Wildman–Crippen MR) is 81.4 cm³/mol. The monoisotopic (exact) mass is 284 g/mol. The molecule has 0 bridgehead atoms. The van der Waals surface area contributed by atoms with Crippen LogP contribution in [0.25, 0.3) is 0 Å². The van der Waals surface area contributed by atoms with Gasteiger partial charge in [0, 0.05) is 6.42 Å². The summed E-state index contributed by atoms with van der Waals surface area (Å²) < 4.78 is 5.21. The molecule has 0 saturated heterocycles. The Morgan fingerprint density at radius 2 is 2.05 bits per heavy atom. The van der Waals surface area contributed by atoms with Crippen LogP contribution in [0.3, 0.4) is 0 Å². The van der Waals surface area contributed by atoms with Gasteiger partial charge in [-0.05, 0) is 43.9 Å². The van der Waals surface area contributed by atoms with Gasteiger partial charge in [-0.2, -0.15) is 0 Å². The van der Waals surface area contributed by atoms with Crippen LogP contribution in [0.4, 0.5) is 0 Å². The van der Waals surface area contributed by atoms with Crippen molar-refractivity contribution in [2.75, 3.05) is 0 Å². The number of aliphatic hydroxyl groups is 1. The minimum atomic E-state index is -1.21. The zero-order valence-electron chi connectivity index (χ0n) is 12.2. The number of benzene rings is 1. The summed E-state index contributed by atoms with van der Waals surface area (Å²) in [6.45, 7) is 1.60. The summed E-state index contributed by atoms with van der Waals surface area (Å²) in [4.78, 5) is 11.7. The van der Waals surface area contributed by atoms with Crippen molar-refractivity contribution < 1.29 is 14.6 Å². The van der Waals surface area contributed by atoms with Crippen molar-refractivity contribution in [3.05, 3.63) is 48.0 Å². The molecule has 1 aliphatic rings. The standard InChI is InChI=1S/C18H20O3/c1-18(16(19)12-13-17(20)21-18)14-8-3-2-5-9-15-10-6-4-7-11-15/h4,6-7,10-13,17,20H,2-3,5,9H2,1H3/t17-,18+/m0/s1. The van der Waals surface area contributed by atoms with E-state index in [4.69, 9.17) is 4.74 Å². The molecule has 0 unspecified atom stereocenters. The van der Waals surface area contributed by atoms with Crippen molar-refractivity contribution >= 4 is 5.78 Å². The lowest BCUT2D eigenvalue weighted by Gasteiger charge is -2.26. The smallest absolute Gasteiger partial charge is 0.199 e. The van der Waals surface area contributed by atoms with Crippen molar-refractivity contribution in [2.45, 2.75) is 44.5 Å². The van der Waals surface area contributed by atoms with Gasteiger partial charge in [-0.3, -0.25) is 4.79 Å². The number of carbonyl (C=O) groups is 1. The minimum Gasteiger partial charge on any atom is -0.365 e. The Morgan fingerprint density at radius 3 is 2.81 bits per heavy atom. The van der Waals surface area contributed by atoms with E-state index in [2.05, 4.69) is 24.0 Å². The molecule has 3 nitrogen and oxygen atoms in total. The van der Waals surface area contributed by atoms with Crippen LogP contribution in [-0.2, 0) is 16.0 Å². The fourth-order valence-corrected chi connectivity index (χ4v) is 2.18. The number of ketones is 1. The normalized spacial score (nSPS) is 24.5. The van der Waals surface area contributed by atoms with Gasteiger partial charge in [0.25, 0.3) is 0 Å². The molecule has 0 spiro atoms. The molecule has 1 N–H and O–H groups in total. The third kappa shape index (κ3) is 4.56. The molecule has 21 heavy (non-hydrogen) atoms. The number of hydrogen-bond donors (Lipinski definition) is 1. The van der Waals surface area contributed by atoms with Crippen LogP contribution < -0.4 is 0 Å². The summed E-state index contributed by atoms with van der Waals surface area (Å²) in [5.41, 5.74) is 0.115. The summed E-state index contributed by atoms with van der Waals surface area (Å²) in [5.74, 6) is 5.62. The molecule has 0 saturated carbocycles. The fourth-order valence-electron chi connectivity index (χ4n) is 2.18. The first kappa shape index (κ1) is 15.5. The molecule has 1 aromatic carbocycles. The first-order valence-electron chi connectivity index (χ1n) is 7.23. The molecule has 2 atom stereocenters. The Balaban J connectivity index is 1.76. The molecule has 0 radical (unpaired) electrons. The van der Waals surface area contributed by atoms with Crippen molar-refractivity contribution in [1.82, 2.24) is 0 Å². The van der Waals surface area contributed by atoms with E-state index in [1.165, 1.54) is 17.7 Å². The number of carbonyl (C=O) groups excluding carboxylic acids is 1. The lowest BCUT2D eigenvalue weighted by atomic mass is 9.98. The largest absolute Gasteiger partial charge is 0.365 e. The Labute approximate surface area is 125 Å². The predicted octanol–water partition coefficient (Wildman–Crippen LogP) is 2.64. The van der Waals surface area contributed by atoms with E-state index >= 15 is 0 Å². The Hall–Kier alpha value is -1.89. The zero-order valence-corrected chi connectivity index (χ0v) is 12.2. The second-order valence-corrected chi connectivity index (χ2v) is 5.26. The van der Waals surface area contributed by atoms with Crippen LogP contribution >= 0.6 is 0 Å². The maximum absolute atomic E-state index is 11.7. The third-order valence-electron chi connectivity index (χ3n) is 3.43. The summed E-state index contributed by atoms with van der Waals surface area (Å²) in [6.07, 6.45) is 5.40. The highest BCUT2D eigenvalue weighted by atomic mass is 16.6. The maximum atomic E-state index is 11.7. The van der Waals surface area contributed by atoms with Crippen LogP contribution in [-0.4, -0.2) is 22.8 Å². The van der Waals surface area contributed by atoms with Gasteiger partial charge < -0.3 is 9.84 Å². The summed E-state index contributed by atoms with van der Waals surface area (Å²) >= 11 is 0. The maximum Gasteiger partial charge on any atom is 0.199 e. The van der Waals surface area contributed by atoms with E-state index in [9.17, 15) is 9.90 Å². The van der Waals surface area contributed by atoms with E-state index in [0.29, 0.717) is 0 Å². The van der Waals surface area contributed by atoms with Gasteiger partial charge in [-0.15, -0.1) is 0 Å². The van der Waals surface area contributed by atoms with Crippen LogP contribution in [0.15, 0.2) is 42.5 Å². The average Bonchev–Trinajstić information content (AvgIpc) is 2.48. The van der Waals surface area contributed by atoms with E-state index in [-0.39, 0.29) is 5.78 Å². The molecule has 2 rings (SSSR count). The number of aliphatic hydroxyl groups excluding tert-OH is 1. The number of hydrogen-bond acceptors (Lipinski definition) is 3. The number of aryl methyl sites for hydroxylation is 1. The summed E-state index contributed by atoms with van der Waals surface area (Å²) in [5, 5.41) is 9.40. The average molecular weight is 284 g/mol. The fraction of sp³-hybridized carbons (Fsp3) is 0.389. The number of unbranched alkanes of at least 4 members (excludes halogenated alkanes) is 2. The van der Waals surface area contributed by atoms with E-state index in [0.717, 1.165) is 25.7 Å². The quantitative estimate of drug-likeness (QED) is 0.683.